The molecule has 0 aliphatic carbocycles. The van der Waals surface area contributed by atoms with E-state index in [0.29, 0.717) is 0 Å². The fourth-order valence-electron chi connectivity index (χ4n) is 2.57. The highest BCUT2D eigenvalue weighted by atomic mass is 16.5. The number of nitrogens with two attached hydrogens (primary N) is 1. The van der Waals surface area contributed by atoms with Crippen molar-refractivity contribution in [1.29, 1.82) is 0 Å². The summed E-state index contributed by atoms with van der Waals surface area (Å²) in [7, 11) is 3.35. The first-order chi connectivity index (χ1) is 9.99. The molecule has 2 aromatic rings. The van der Waals surface area contributed by atoms with Crippen LogP contribution in [0.4, 0.5) is 0 Å². The molecule has 0 fully saturated rings. The van der Waals surface area contributed by atoms with E-state index in [0.717, 1.165) is 33.8 Å². The number of hydrogen-bond acceptors (Lipinski definition) is 3. The van der Waals surface area contributed by atoms with Crippen molar-refractivity contribution in [2.45, 2.75) is 26.8 Å². The molecule has 0 aliphatic heterocycles. The Hall–Kier alpha value is -2.00. The average Bonchev–Trinajstić information content (AvgIpc) is 2.49. The van der Waals surface area contributed by atoms with Crippen molar-refractivity contribution in [1.82, 2.24) is 0 Å². The molecule has 112 valence electrons. The monoisotopic (exact) mass is 285 g/mol. The summed E-state index contributed by atoms with van der Waals surface area (Å²) in [4.78, 5) is 0. The lowest BCUT2D eigenvalue weighted by atomic mass is 9.94. The van der Waals surface area contributed by atoms with Gasteiger partial charge in [0.2, 0.25) is 0 Å². The molecule has 1 atom stereocenters. The molecule has 3 heteroatoms. The standard InChI is InChI=1S/C18H23NO2/c1-11-6-8-14(16(10-11)20-4)17(19)15-9-7-12(2)13(3)18(15)21-5/h6-10,17H,19H2,1-5H3. The van der Waals surface area contributed by atoms with Gasteiger partial charge < -0.3 is 15.2 Å². The summed E-state index contributed by atoms with van der Waals surface area (Å²) < 4.78 is 11.1. The normalized spacial score (nSPS) is 12.1. The minimum absolute atomic E-state index is 0.283. The van der Waals surface area contributed by atoms with Crippen molar-refractivity contribution in [3.05, 3.63) is 58.1 Å². The van der Waals surface area contributed by atoms with Gasteiger partial charge >= 0.3 is 0 Å². The van der Waals surface area contributed by atoms with E-state index in [1.165, 1.54) is 5.56 Å². The van der Waals surface area contributed by atoms with E-state index < -0.39 is 0 Å². The van der Waals surface area contributed by atoms with Gasteiger partial charge in [0.05, 0.1) is 20.3 Å². The third-order valence-corrected chi connectivity index (χ3v) is 3.97. The van der Waals surface area contributed by atoms with Gasteiger partial charge in [0.15, 0.2) is 0 Å². The fourth-order valence-corrected chi connectivity index (χ4v) is 2.57. The van der Waals surface area contributed by atoms with Gasteiger partial charge in [0.1, 0.15) is 11.5 Å². The molecule has 0 bridgehead atoms. The molecule has 0 saturated carbocycles. The van der Waals surface area contributed by atoms with Gasteiger partial charge in [-0.3, -0.25) is 0 Å². The molecule has 0 aromatic heterocycles. The first-order valence-corrected chi connectivity index (χ1v) is 7.03. The van der Waals surface area contributed by atoms with Crippen LogP contribution in [0, 0.1) is 20.8 Å². The number of rotatable bonds is 4. The van der Waals surface area contributed by atoms with Crippen LogP contribution < -0.4 is 15.2 Å². The number of ether oxygens (including phenoxy) is 2. The molecule has 0 spiro atoms. The molecule has 0 heterocycles. The van der Waals surface area contributed by atoms with Crippen LogP contribution in [0.3, 0.4) is 0 Å². The SMILES string of the molecule is COc1cc(C)ccc1C(N)c1ccc(C)c(C)c1OC. The van der Waals surface area contributed by atoms with Crippen LogP contribution in [0.2, 0.25) is 0 Å². The number of benzene rings is 2. The van der Waals surface area contributed by atoms with Gasteiger partial charge in [-0.15, -0.1) is 0 Å². The molecular weight excluding hydrogens is 262 g/mol. The van der Waals surface area contributed by atoms with Crippen molar-refractivity contribution in [3.63, 3.8) is 0 Å². The summed E-state index contributed by atoms with van der Waals surface area (Å²) in [6, 6.07) is 9.90. The second kappa shape index (κ2) is 6.19. The minimum atomic E-state index is -0.283. The summed E-state index contributed by atoms with van der Waals surface area (Å²) in [6.45, 7) is 6.16. The van der Waals surface area contributed by atoms with Crippen molar-refractivity contribution >= 4 is 0 Å². The van der Waals surface area contributed by atoms with Gasteiger partial charge in [0.25, 0.3) is 0 Å². The Morgan fingerprint density at radius 3 is 2.19 bits per heavy atom. The molecular formula is C18H23NO2. The summed E-state index contributed by atoms with van der Waals surface area (Å²) in [5.41, 5.74) is 11.9. The minimum Gasteiger partial charge on any atom is -0.496 e. The highest BCUT2D eigenvalue weighted by Crippen LogP contribution is 2.36. The maximum atomic E-state index is 6.48. The summed E-state index contributed by atoms with van der Waals surface area (Å²) in [5.74, 6) is 1.66. The fraction of sp³-hybridized carbons (Fsp3) is 0.333. The third-order valence-electron chi connectivity index (χ3n) is 3.97. The zero-order valence-corrected chi connectivity index (χ0v) is 13.4. The van der Waals surface area contributed by atoms with E-state index in [-0.39, 0.29) is 6.04 Å². The first kappa shape index (κ1) is 15.4. The molecule has 0 saturated heterocycles. The number of aryl methyl sites for hydroxylation is 2. The second-order valence-electron chi connectivity index (χ2n) is 5.35. The van der Waals surface area contributed by atoms with Crippen LogP contribution in [-0.4, -0.2) is 14.2 Å². The van der Waals surface area contributed by atoms with E-state index in [1.807, 2.05) is 31.2 Å². The maximum Gasteiger partial charge on any atom is 0.127 e. The quantitative estimate of drug-likeness (QED) is 0.932. The highest BCUT2D eigenvalue weighted by molar-refractivity contribution is 5.52. The van der Waals surface area contributed by atoms with E-state index in [1.54, 1.807) is 14.2 Å². The second-order valence-corrected chi connectivity index (χ2v) is 5.35. The van der Waals surface area contributed by atoms with E-state index >= 15 is 0 Å². The molecule has 0 aliphatic rings. The number of methoxy groups -OCH3 is 2. The Labute approximate surface area is 126 Å². The van der Waals surface area contributed by atoms with Crippen molar-refractivity contribution in [3.8, 4) is 11.5 Å². The molecule has 2 rings (SSSR count). The Morgan fingerprint density at radius 1 is 0.905 bits per heavy atom. The molecule has 1 unspecified atom stereocenters. The maximum absolute atomic E-state index is 6.48. The molecule has 3 nitrogen and oxygen atoms in total. The van der Waals surface area contributed by atoms with Gasteiger partial charge in [-0.2, -0.15) is 0 Å². The van der Waals surface area contributed by atoms with E-state index in [2.05, 4.69) is 19.9 Å². The molecule has 0 radical (unpaired) electrons. The lowest BCUT2D eigenvalue weighted by Gasteiger charge is -2.21. The van der Waals surface area contributed by atoms with Gasteiger partial charge in [-0.1, -0.05) is 24.3 Å². The lowest BCUT2D eigenvalue weighted by molar-refractivity contribution is 0.398. The summed E-state index contributed by atoms with van der Waals surface area (Å²) >= 11 is 0. The molecule has 2 aromatic carbocycles. The van der Waals surface area contributed by atoms with Crippen LogP contribution in [0.1, 0.15) is 33.9 Å². The summed E-state index contributed by atoms with van der Waals surface area (Å²) in [6.07, 6.45) is 0. The van der Waals surface area contributed by atoms with E-state index in [4.69, 9.17) is 15.2 Å². The summed E-state index contributed by atoms with van der Waals surface area (Å²) in [5, 5.41) is 0. The first-order valence-electron chi connectivity index (χ1n) is 7.03. The Morgan fingerprint density at radius 2 is 1.57 bits per heavy atom. The van der Waals surface area contributed by atoms with Gasteiger partial charge in [0, 0.05) is 11.1 Å². The van der Waals surface area contributed by atoms with Gasteiger partial charge in [-0.25, -0.2) is 0 Å². The Kier molecular flexibility index (Phi) is 4.53. The smallest absolute Gasteiger partial charge is 0.127 e. The van der Waals surface area contributed by atoms with E-state index in [9.17, 15) is 0 Å². The predicted octanol–water partition coefficient (Wildman–Crippen LogP) is 3.68. The topological polar surface area (TPSA) is 44.5 Å². The molecule has 2 N–H and O–H groups in total. The third kappa shape index (κ3) is 2.88. The Balaban J connectivity index is 2.55. The van der Waals surface area contributed by atoms with Crippen LogP contribution in [0.5, 0.6) is 11.5 Å². The van der Waals surface area contributed by atoms with Crippen LogP contribution in [-0.2, 0) is 0 Å². The lowest BCUT2D eigenvalue weighted by Crippen LogP contribution is -2.15. The van der Waals surface area contributed by atoms with Gasteiger partial charge in [-0.05, 0) is 43.5 Å². The van der Waals surface area contributed by atoms with Crippen molar-refractivity contribution in [2.75, 3.05) is 14.2 Å². The van der Waals surface area contributed by atoms with Crippen LogP contribution >= 0.6 is 0 Å². The van der Waals surface area contributed by atoms with Crippen molar-refractivity contribution in [2.24, 2.45) is 5.73 Å². The zero-order chi connectivity index (χ0) is 15.6. The largest absolute Gasteiger partial charge is 0.496 e. The predicted molar refractivity (Wildman–Crippen MR) is 86.2 cm³/mol. The van der Waals surface area contributed by atoms with Crippen molar-refractivity contribution < 1.29 is 9.47 Å². The van der Waals surface area contributed by atoms with Crippen LogP contribution in [0.25, 0.3) is 0 Å². The molecule has 21 heavy (non-hydrogen) atoms. The molecule has 0 amide bonds. The Bertz CT molecular complexity index is 650. The van der Waals surface area contributed by atoms with Crippen LogP contribution in [0.15, 0.2) is 30.3 Å². The highest BCUT2D eigenvalue weighted by Gasteiger charge is 2.19. The number of hydrogen-bond donors (Lipinski definition) is 1. The zero-order valence-electron chi connectivity index (χ0n) is 13.4. The average molecular weight is 285 g/mol.